The molecule has 0 spiro atoms. The van der Waals surface area contributed by atoms with Crippen molar-refractivity contribution in [2.45, 2.75) is 20.0 Å². The van der Waals surface area contributed by atoms with Gasteiger partial charge in [-0.1, -0.05) is 25.1 Å². The van der Waals surface area contributed by atoms with Crippen LogP contribution in [0.15, 0.2) is 42.5 Å². The Balaban J connectivity index is 2.13. The number of hydrogen-bond acceptors (Lipinski definition) is 2. The molecule has 0 saturated carbocycles. The Morgan fingerprint density at radius 1 is 1.00 bits per heavy atom. The molecule has 2 N–H and O–H groups in total. The van der Waals surface area contributed by atoms with Crippen LogP contribution < -0.4 is 5.73 Å². The van der Waals surface area contributed by atoms with E-state index in [0.29, 0.717) is 18.8 Å². The third-order valence-electron chi connectivity index (χ3n) is 3.25. The van der Waals surface area contributed by atoms with Gasteiger partial charge in [-0.05, 0) is 36.4 Å². The Morgan fingerprint density at radius 3 is 2.25 bits per heavy atom. The Bertz CT molecular complexity index is 564. The number of rotatable bonds is 5. The Kier molecular flexibility index (Phi) is 4.69. The zero-order valence-corrected chi connectivity index (χ0v) is 11.4. The predicted octanol–water partition coefficient (Wildman–Crippen LogP) is 3.57. The summed E-state index contributed by atoms with van der Waals surface area (Å²) in [6, 6.07) is 11.5. The van der Waals surface area contributed by atoms with Gasteiger partial charge in [0.1, 0.15) is 11.6 Å². The Hall–Kier alpha value is -1.94. The van der Waals surface area contributed by atoms with Crippen molar-refractivity contribution in [1.29, 1.82) is 0 Å². The first-order valence-electron chi connectivity index (χ1n) is 6.59. The van der Waals surface area contributed by atoms with Crippen LogP contribution in [-0.2, 0) is 13.1 Å². The molecule has 0 aliphatic rings. The molecule has 2 aromatic carbocycles. The maximum absolute atomic E-state index is 13.7. The highest BCUT2D eigenvalue weighted by Gasteiger charge is 2.12. The van der Waals surface area contributed by atoms with E-state index in [0.717, 1.165) is 5.56 Å². The number of halogens is 2. The molecule has 0 radical (unpaired) electrons. The maximum atomic E-state index is 13.7. The molecule has 0 unspecified atom stereocenters. The average Bonchev–Trinajstić information content (AvgIpc) is 2.42. The largest absolute Gasteiger partial charge is 0.399 e. The number of anilines is 1. The van der Waals surface area contributed by atoms with E-state index in [4.69, 9.17) is 5.73 Å². The van der Waals surface area contributed by atoms with Gasteiger partial charge in [0.05, 0.1) is 0 Å². The summed E-state index contributed by atoms with van der Waals surface area (Å²) < 4.78 is 27.3. The Labute approximate surface area is 117 Å². The minimum absolute atomic E-state index is 0.109. The fourth-order valence-electron chi connectivity index (χ4n) is 2.14. The van der Waals surface area contributed by atoms with Crippen molar-refractivity contribution in [3.63, 3.8) is 0 Å². The third-order valence-corrected chi connectivity index (χ3v) is 3.25. The fraction of sp³-hybridized carbons (Fsp3) is 0.250. The maximum Gasteiger partial charge on any atom is 0.130 e. The fourth-order valence-corrected chi connectivity index (χ4v) is 2.14. The monoisotopic (exact) mass is 276 g/mol. The van der Waals surface area contributed by atoms with Crippen molar-refractivity contribution < 1.29 is 8.78 Å². The lowest BCUT2D eigenvalue weighted by Gasteiger charge is -2.21. The van der Waals surface area contributed by atoms with Crippen LogP contribution in [0.2, 0.25) is 0 Å². The normalized spacial score (nSPS) is 11.0. The summed E-state index contributed by atoms with van der Waals surface area (Å²) in [6.45, 7) is 3.51. The molecule has 4 heteroatoms. The summed E-state index contributed by atoms with van der Waals surface area (Å²) >= 11 is 0. The van der Waals surface area contributed by atoms with E-state index >= 15 is 0 Å². The molecular weight excluding hydrogens is 258 g/mol. The van der Waals surface area contributed by atoms with Gasteiger partial charge in [0.2, 0.25) is 0 Å². The van der Waals surface area contributed by atoms with Crippen molar-refractivity contribution in [3.8, 4) is 0 Å². The SMILES string of the molecule is CCN(Cc1cccc(N)c1)Cc1c(F)cccc1F. The second-order valence-electron chi connectivity index (χ2n) is 4.75. The van der Waals surface area contributed by atoms with Gasteiger partial charge in [-0.25, -0.2) is 8.78 Å². The van der Waals surface area contributed by atoms with Gasteiger partial charge in [0.25, 0.3) is 0 Å². The molecule has 0 saturated heterocycles. The quantitative estimate of drug-likeness (QED) is 0.846. The van der Waals surface area contributed by atoms with E-state index in [2.05, 4.69) is 0 Å². The molecule has 0 atom stereocenters. The molecule has 0 aromatic heterocycles. The number of nitrogens with zero attached hydrogens (tertiary/aromatic N) is 1. The van der Waals surface area contributed by atoms with Crippen LogP contribution in [0.1, 0.15) is 18.1 Å². The minimum Gasteiger partial charge on any atom is -0.399 e. The van der Waals surface area contributed by atoms with Crippen molar-refractivity contribution in [1.82, 2.24) is 4.90 Å². The second kappa shape index (κ2) is 6.48. The van der Waals surface area contributed by atoms with E-state index in [1.54, 1.807) is 0 Å². The summed E-state index contributed by atoms with van der Waals surface area (Å²) in [7, 11) is 0. The van der Waals surface area contributed by atoms with E-state index in [-0.39, 0.29) is 12.1 Å². The summed E-state index contributed by atoms with van der Waals surface area (Å²) in [6.07, 6.45) is 0. The first-order chi connectivity index (χ1) is 9.60. The van der Waals surface area contributed by atoms with Crippen LogP contribution in [0.4, 0.5) is 14.5 Å². The molecule has 2 nitrogen and oxygen atoms in total. The van der Waals surface area contributed by atoms with Gasteiger partial charge >= 0.3 is 0 Å². The van der Waals surface area contributed by atoms with Crippen LogP contribution in [0.25, 0.3) is 0 Å². The topological polar surface area (TPSA) is 29.3 Å². The van der Waals surface area contributed by atoms with Crippen LogP contribution in [0.3, 0.4) is 0 Å². The van der Waals surface area contributed by atoms with Gasteiger partial charge in [-0.15, -0.1) is 0 Å². The van der Waals surface area contributed by atoms with E-state index in [9.17, 15) is 8.78 Å². The van der Waals surface area contributed by atoms with E-state index in [1.807, 2.05) is 36.1 Å². The van der Waals surface area contributed by atoms with Crippen molar-refractivity contribution in [2.24, 2.45) is 0 Å². The first kappa shape index (κ1) is 14.5. The standard InChI is InChI=1S/C16H18F2N2/c1-2-20(10-12-5-3-6-13(19)9-12)11-14-15(17)7-4-8-16(14)18/h3-9H,2,10-11,19H2,1H3. The summed E-state index contributed by atoms with van der Waals surface area (Å²) in [5.41, 5.74) is 7.57. The third kappa shape index (κ3) is 3.54. The van der Waals surface area contributed by atoms with Crippen molar-refractivity contribution >= 4 is 5.69 Å². The summed E-state index contributed by atoms with van der Waals surface area (Å²) in [4.78, 5) is 1.97. The minimum atomic E-state index is -0.504. The molecular formula is C16H18F2N2. The first-order valence-corrected chi connectivity index (χ1v) is 6.59. The predicted molar refractivity (Wildman–Crippen MR) is 77.0 cm³/mol. The zero-order chi connectivity index (χ0) is 14.5. The summed E-state index contributed by atoms with van der Waals surface area (Å²) in [5, 5.41) is 0. The lowest BCUT2D eigenvalue weighted by atomic mass is 10.1. The molecule has 20 heavy (non-hydrogen) atoms. The van der Waals surface area contributed by atoms with Gasteiger partial charge in [0, 0.05) is 24.3 Å². The van der Waals surface area contributed by atoms with Gasteiger partial charge in [-0.3, -0.25) is 4.90 Å². The lowest BCUT2D eigenvalue weighted by molar-refractivity contribution is 0.263. The number of nitrogen functional groups attached to an aromatic ring is 1. The van der Waals surface area contributed by atoms with Crippen LogP contribution in [0.5, 0.6) is 0 Å². The summed E-state index contributed by atoms with van der Waals surface area (Å²) in [5.74, 6) is -1.01. The average molecular weight is 276 g/mol. The Morgan fingerprint density at radius 2 is 1.65 bits per heavy atom. The van der Waals surface area contributed by atoms with Gasteiger partial charge < -0.3 is 5.73 Å². The zero-order valence-electron chi connectivity index (χ0n) is 11.4. The van der Waals surface area contributed by atoms with E-state index < -0.39 is 11.6 Å². The smallest absolute Gasteiger partial charge is 0.130 e. The molecule has 2 aromatic rings. The molecule has 106 valence electrons. The second-order valence-corrected chi connectivity index (χ2v) is 4.75. The van der Waals surface area contributed by atoms with Gasteiger partial charge in [0.15, 0.2) is 0 Å². The number of hydrogen-bond donors (Lipinski definition) is 1. The highest BCUT2D eigenvalue weighted by atomic mass is 19.1. The molecule has 0 amide bonds. The molecule has 0 heterocycles. The number of benzene rings is 2. The molecule has 2 rings (SSSR count). The van der Waals surface area contributed by atoms with E-state index in [1.165, 1.54) is 18.2 Å². The molecule has 0 bridgehead atoms. The van der Waals surface area contributed by atoms with Crippen molar-refractivity contribution in [3.05, 3.63) is 65.2 Å². The molecule has 0 aliphatic carbocycles. The number of nitrogens with two attached hydrogens (primary N) is 1. The van der Waals surface area contributed by atoms with Crippen LogP contribution in [-0.4, -0.2) is 11.4 Å². The highest BCUT2D eigenvalue weighted by Crippen LogP contribution is 2.17. The molecule has 0 fully saturated rings. The van der Waals surface area contributed by atoms with Gasteiger partial charge in [-0.2, -0.15) is 0 Å². The molecule has 0 aliphatic heterocycles. The highest BCUT2D eigenvalue weighted by molar-refractivity contribution is 5.40. The van der Waals surface area contributed by atoms with Crippen LogP contribution in [0, 0.1) is 11.6 Å². The van der Waals surface area contributed by atoms with Crippen LogP contribution >= 0.6 is 0 Å². The lowest BCUT2D eigenvalue weighted by Crippen LogP contribution is -2.23. The van der Waals surface area contributed by atoms with Crippen molar-refractivity contribution in [2.75, 3.05) is 12.3 Å².